The second kappa shape index (κ2) is 45.5. The molecule has 0 aliphatic carbocycles. The van der Waals surface area contributed by atoms with Gasteiger partial charge < -0.3 is 90.3 Å². The van der Waals surface area contributed by atoms with Crippen LogP contribution in [-0.4, -0.2) is 189 Å². The minimum absolute atomic E-state index is 0.00190. The Labute approximate surface area is 635 Å². The zero-order valence-corrected chi connectivity index (χ0v) is 67.5. The van der Waals surface area contributed by atoms with Crippen LogP contribution in [0.15, 0.2) is 31.6 Å². The number of alkyl halides is 6. The summed E-state index contributed by atoms with van der Waals surface area (Å²) < 4.78 is 175. The van der Waals surface area contributed by atoms with Crippen molar-refractivity contribution < 1.29 is 183 Å². The number of aliphatic hydroxyl groups excluding tert-OH is 2. The Kier molecular flexibility index (Phi) is 43.4. The number of halogens is 10. The average Bonchev–Trinajstić information content (AvgIpc) is 1.79. The fraction of sp³-hybridized carbons (Fsp3) is 0.591. The molecule has 2 aliphatic rings. The van der Waals surface area contributed by atoms with Gasteiger partial charge in [-0.2, -0.15) is 43.6 Å². The van der Waals surface area contributed by atoms with Crippen molar-refractivity contribution in [3.05, 3.63) is 63.2 Å². The van der Waals surface area contributed by atoms with Crippen LogP contribution in [0.1, 0.15) is 95.1 Å². The van der Waals surface area contributed by atoms with Crippen molar-refractivity contribution in [3.63, 3.8) is 0 Å². The average molecular weight is 2140 g/mol. The molecular formula is C44H61F6I4N8O36P6V. The predicted molar refractivity (Wildman–Crippen MR) is 365 cm³/mol. The van der Waals surface area contributed by atoms with Crippen LogP contribution in [-0.2, 0) is 96.8 Å². The molecule has 2 aliphatic heterocycles. The molecule has 44 nitrogen and oxygen atoms in total. The number of ether oxygens (including phenoxy) is 2. The molecule has 18 N–H and O–H groups in total. The summed E-state index contributed by atoms with van der Waals surface area (Å²) in [6.45, 7) is -2.51. The van der Waals surface area contributed by atoms with Crippen LogP contribution >= 0.6 is 129 Å². The van der Waals surface area contributed by atoms with Gasteiger partial charge in [0.1, 0.15) is 42.3 Å². The number of carboxylic acids is 2. The van der Waals surface area contributed by atoms with Crippen molar-refractivity contribution in [1.82, 2.24) is 40.4 Å². The number of aromatic nitrogens is 4. The molecule has 0 aromatic carbocycles. The van der Waals surface area contributed by atoms with E-state index in [1.54, 1.807) is 33.2 Å². The second-order valence-electron chi connectivity index (χ2n) is 20.1. The molecule has 105 heavy (non-hydrogen) atoms. The van der Waals surface area contributed by atoms with E-state index in [2.05, 4.69) is 115 Å². The summed E-state index contributed by atoms with van der Waals surface area (Å²) in [5.41, 5.74) is -3.81. The van der Waals surface area contributed by atoms with Gasteiger partial charge in [-0.25, -0.2) is 46.6 Å². The molecule has 2 aromatic heterocycles. The summed E-state index contributed by atoms with van der Waals surface area (Å²) in [7, 11) is -33.6. The molecule has 0 radical (unpaired) electrons. The third-order valence-electron chi connectivity index (χ3n) is 11.9. The monoisotopic (exact) mass is 2140 g/mol. The van der Waals surface area contributed by atoms with Gasteiger partial charge in [0.15, 0.2) is 0 Å². The molecular weight excluding hydrogens is 2070 g/mol. The predicted octanol–water partition coefficient (Wildman–Crippen LogP) is 1.68. The summed E-state index contributed by atoms with van der Waals surface area (Å²) in [4.78, 5) is 190. The van der Waals surface area contributed by atoms with Crippen molar-refractivity contribution in [2.45, 2.75) is 138 Å². The molecule has 4 rings (SSSR count). The summed E-state index contributed by atoms with van der Waals surface area (Å²) in [5, 5.41) is 46.3. The van der Waals surface area contributed by atoms with Gasteiger partial charge in [0.05, 0.1) is 29.0 Å². The molecule has 0 spiro atoms. The van der Waals surface area contributed by atoms with Gasteiger partial charge in [-0.3, -0.25) is 56.9 Å². The first-order valence-electron chi connectivity index (χ1n) is 27.9. The van der Waals surface area contributed by atoms with E-state index in [9.17, 15) is 132 Å². The zero-order valence-electron chi connectivity index (χ0n) is 52.1. The number of hydrogen-bond donors (Lipinski definition) is 18. The Morgan fingerprint density at radius 3 is 1.32 bits per heavy atom. The van der Waals surface area contributed by atoms with Crippen molar-refractivity contribution in [1.29, 1.82) is 0 Å². The third-order valence-corrected chi connectivity index (χ3v) is 20.3. The molecule has 4 amide bonds. The zero-order chi connectivity index (χ0) is 81.0. The normalized spacial score (nSPS) is 20.2. The molecule has 2 aromatic rings. The Hall–Kier alpha value is -2.96. The van der Waals surface area contributed by atoms with Crippen molar-refractivity contribution in [2.75, 3.05) is 26.3 Å². The Morgan fingerprint density at radius 2 is 0.971 bits per heavy atom. The number of carbonyl (C=O) groups excluding carboxylic acids is 4. The standard InChI is InChI=1S/C22H30F3N4O18P3.C13H17F3N2O4.C9H14IN2O14P3.3HI.V/c23-22(24,25)20(35)26-8-4-3-6-13(19(33)34)27-16(31)7-2-1-5-12-10-29(21(36)28-18(12)32)17-9-14(30)15(45-17)11-44-49(40,41)47-50(42,43)46-48(37,38)39;1-2-3-7-10(19)18-9(11(20)21)6-4-5-8-17-12(22)13(14,15)16;10-4-2-12(9(15)11-8(4)14)7-1-5(13)6(24-7)3-23-28(19,20)26-29(21,22)25-27(16,17)18;;;;/h10,13-15,17,30H,2-4,6-9,11H2,(H,26,35)(H,27,31)(H,33,34)(H,40,41)(H,42,43)(H,28,32,36)(H2,37,38,39);1,9H,3-8H2,(H,17,22)(H,18,19)(H,20,21);2,5-7,13H,1,3H2,(H,19,20)(H,21,22)(H,11,14,15)(H2,16,17,18);3*1H;/q;;;;;;+3/p-3/t13?,14-,15-,17-;;5-,6-,7-;;;;/m1.1..../s1. The summed E-state index contributed by atoms with van der Waals surface area (Å²) >= 11 is 9.05. The van der Waals surface area contributed by atoms with Gasteiger partial charge >= 0.3 is 159 Å². The van der Waals surface area contributed by atoms with Crippen molar-refractivity contribution in [2.24, 2.45) is 0 Å². The molecule has 4 heterocycles. The van der Waals surface area contributed by atoms with Crippen LogP contribution < -0.4 is 43.8 Å². The fourth-order valence-corrected chi connectivity index (χ4v) is 14.1. The molecule has 598 valence electrons. The molecule has 2 fully saturated rings. The number of H-pyrrole nitrogens is 2. The molecule has 0 bridgehead atoms. The van der Waals surface area contributed by atoms with Gasteiger partial charge in [0, 0.05) is 64.0 Å². The number of terminal acetylenes is 1. The number of phosphoric ester groups is 2. The first-order chi connectivity index (χ1) is 47.9. The second-order valence-corrected chi connectivity index (χ2v) is 65.5. The fourth-order valence-electron chi connectivity index (χ4n) is 7.59. The number of aromatic amines is 2. The number of nitrogens with zero attached hydrogens (tertiary/aromatic N) is 2. The van der Waals surface area contributed by atoms with Crippen LogP contribution in [0.5, 0.6) is 0 Å². The van der Waals surface area contributed by atoms with E-state index >= 15 is 0 Å². The van der Waals surface area contributed by atoms with E-state index < -0.39 is 180 Å². The number of amides is 4. The Balaban J connectivity index is 0.000000842. The van der Waals surface area contributed by atoms with Gasteiger partial charge in [0.25, 0.3) is 11.1 Å². The first kappa shape index (κ1) is 100. The van der Waals surface area contributed by atoms with E-state index in [-0.39, 0.29) is 104 Å². The van der Waals surface area contributed by atoms with Crippen molar-refractivity contribution >= 4 is 165 Å². The maximum atomic E-state index is 12.4. The number of carboxylic acid groups (broad SMARTS) is 2. The summed E-state index contributed by atoms with van der Waals surface area (Å²) in [5.74, 6) is -1.01. The SMILES string of the molecule is C#CCCC(=O)NC(CCCCNC(=O)C(F)(F)F)C(=O)O.O=C(CCC#Cc1cn([C@H]2C[C@@H](O)[C@@H](COP(=O)(O)OP(=O)(O)OP(=O)(O)O)O2)c(=O)[nH]c1=O)NC(CCCCNC(=O)C(F)(F)F)C(=O)O.O=c1[nH]c(=O)n([C@H]2C[C@@H](O)[C@@H](COP(=O)(O)OP(=O)(O)OP(=O)(O)O)O2)cc1I.[I][V]([I])[I]. The quantitative estimate of drug-likeness (QED) is 0.0156. The van der Waals surface area contributed by atoms with Gasteiger partial charge in [-0.05, 0) is 61.1 Å². The van der Waals surface area contributed by atoms with Crippen LogP contribution in [0.4, 0.5) is 26.3 Å². The van der Waals surface area contributed by atoms with Crippen LogP contribution in [0.2, 0.25) is 0 Å². The van der Waals surface area contributed by atoms with E-state index in [1.165, 1.54) is 6.20 Å². The number of carbonyl (C=O) groups is 6. The van der Waals surface area contributed by atoms with E-state index in [0.717, 1.165) is 15.3 Å². The van der Waals surface area contributed by atoms with Crippen molar-refractivity contribution in [3.8, 4) is 24.2 Å². The van der Waals surface area contributed by atoms with Crippen LogP contribution in [0, 0.1) is 27.8 Å². The number of nitrogens with one attached hydrogen (secondary N) is 6. The molecule has 0 saturated carbocycles. The van der Waals surface area contributed by atoms with Gasteiger partial charge in [0.2, 0.25) is 11.8 Å². The molecule has 12 atom stereocenters. The number of rotatable bonds is 34. The number of aliphatic carboxylic acids is 2. The van der Waals surface area contributed by atoms with E-state index in [4.69, 9.17) is 45.5 Å². The summed E-state index contributed by atoms with van der Waals surface area (Å²) in [6.07, 6.45) is -11.6. The first-order valence-corrected chi connectivity index (χ1v) is 51.6. The van der Waals surface area contributed by atoms with E-state index in [0.29, 0.717) is 0 Å². The molecule has 61 heteroatoms. The summed E-state index contributed by atoms with van der Waals surface area (Å²) in [6, 6.07) is -2.53. The van der Waals surface area contributed by atoms with E-state index in [1.807, 2.05) is 9.97 Å². The Bertz CT molecular complexity index is 4000. The molecule has 6 unspecified atom stereocenters. The maximum absolute atomic E-state index is 12.4. The van der Waals surface area contributed by atoms with Crippen LogP contribution in [0.3, 0.4) is 0 Å². The number of aliphatic hydroxyl groups is 2. The third kappa shape index (κ3) is 42.9. The number of hydrogen-bond acceptors (Lipinski definition) is 26. The van der Waals surface area contributed by atoms with Crippen LogP contribution in [0.25, 0.3) is 0 Å². The topological polar surface area (TPSA) is 679 Å². The molecule has 2 saturated heterocycles. The van der Waals surface area contributed by atoms with Gasteiger partial charge in [-0.15, -0.1) is 12.3 Å². The number of phosphoric acid groups is 6. The Morgan fingerprint density at radius 1 is 0.610 bits per heavy atom. The number of unbranched alkanes of at least 4 members (excludes halogenated alkanes) is 2. The minimum atomic E-state index is -5.81. The van der Waals surface area contributed by atoms with Gasteiger partial charge in [-0.1, -0.05) is 11.8 Å².